The summed E-state index contributed by atoms with van der Waals surface area (Å²) in [6.07, 6.45) is 0.784. The van der Waals surface area contributed by atoms with Gasteiger partial charge >= 0.3 is 0 Å². The van der Waals surface area contributed by atoms with Crippen molar-refractivity contribution in [2.45, 2.75) is 39.2 Å². The zero-order valence-electron chi connectivity index (χ0n) is 12.5. The summed E-state index contributed by atoms with van der Waals surface area (Å²) in [6, 6.07) is 7.27. The number of rotatable bonds is 5. The maximum Gasteiger partial charge on any atom is 0.227 e. The van der Waals surface area contributed by atoms with Crippen molar-refractivity contribution in [1.82, 2.24) is 0 Å². The molecule has 2 rings (SSSR count). The SMILES string of the molecule is CC(C)C(O)CC(=O)Nc1ccccc1N1CCCC1=O. The molecule has 0 saturated carbocycles. The minimum Gasteiger partial charge on any atom is -0.392 e. The van der Waals surface area contributed by atoms with Crippen LogP contribution in [0.5, 0.6) is 0 Å². The van der Waals surface area contributed by atoms with E-state index in [1.54, 1.807) is 11.0 Å². The molecule has 0 aromatic heterocycles. The summed E-state index contributed by atoms with van der Waals surface area (Å²) in [6.45, 7) is 4.42. The summed E-state index contributed by atoms with van der Waals surface area (Å²) in [5.74, 6) is -0.125. The molecule has 1 saturated heterocycles. The molecule has 2 N–H and O–H groups in total. The molecule has 5 nitrogen and oxygen atoms in total. The molecule has 1 aliphatic rings. The fraction of sp³-hybridized carbons (Fsp3) is 0.500. The van der Waals surface area contributed by atoms with Crippen LogP contribution in [0.15, 0.2) is 24.3 Å². The van der Waals surface area contributed by atoms with Crippen LogP contribution in [0, 0.1) is 5.92 Å². The Morgan fingerprint density at radius 3 is 2.71 bits per heavy atom. The maximum atomic E-state index is 12.0. The van der Waals surface area contributed by atoms with Gasteiger partial charge in [-0.05, 0) is 24.5 Å². The van der Waals surface area contributed by atoms with E-state index in [4.69, 9.17) is 0 Å². The number of nitrogens with zero attached hydrogens (tertiary/aromatic N) is 1. The van der Waals surface area contributed by atoms with Crippen molar-refractivity contribution >= 4 is 23.2 Å². The van der Waals surface area contributed by atoms with Gasteiger partial charge in [0.2, 0.25) is 11.8 Å². The molecule has 0 radical (unpaired) electrons. The van der Waals surface area contributed by atoms with Crippen molar-refractivity contribution < 1.29 is 14.7 Å². The maximum absolute atomic E-state index is 12.0. The fourth-order valence-electron chi connectivity index (χ4n) is 2.34. The molecule has 2 amide bonds. The van der Waals surface area contributed by atoms with Crippen LogP contribution >= 0.6 is 0 Å². The molecule has 0 aliphatic carbocycles. The molecule has 0 bridgehead atoms. The highest BCUT2D eigenvalue weighted by Crippen LogP contribution is 2.29. The highest BCUT2D eigenvalue weighted by molar-refractivity contribution is 6.02. The van der Waals surface area contributed by atoms with Crippen LogP contribution in [0.4, 0.5) is 11.4 Å². The van der Waals surface area contributed by atoms with Crippen LogP contribution in [0.3, 0.4) is 0 Å². The van der Waals surface area contributed by atoms with Gasteiger partial charge in [-0.15, -0.1) is 0 Å². The van der Waals surface area contributed by atoms with Gasteiger partial charge in [0.25, 0.3) is 0 Å². The molecule has 5 heteroatoms. The molecule has 1 aromatic rings. The first-order valence-corrected chi connectivity index (χ1v) is 7.36. The molecule has 1 atom stereocenters. The number of benzene rings is 1. The van der Waals surface area contributed by atoms with E-state index in [9.17, 15) is 14.7 Å². The second kappa shape index (κ2) is 6.72. The summed E-state index contributed by atoms with van der Waals surface area (Å²) in [4.78, 5) is 25.6. The van der Waals surface area contributed by atoms with Gasteiger partial charge in [-0.25, -0.2) is 0 Å². The minimum atomic E-state index is -0.661. The first-order valence-electron chi connectivity index (χ1n) is 7.36. The molecule has 1 aliphatic heterocycles. The Bertz CT molecular complexity index is 528. The Labute approximate surface area is 125 Å². The number of carbonyl (C=O) groups excluding carboxylic acids is 2. The molecular formula is C16H22N2O3. The van der Waals surface area contributed by atoms with Crippen LogP contribution in [0.25, 0.3) is 0 Å². The van der Waals surface area contributed by atoms with Crippen molar-refractivity contribution in [1.29, 1.82) is 0 Å². The zero-order valence-corrected chi connectivity index (χ0v) is 12.5. The van der Waals surface area contributed by atoms with Crippen molar-refractivity contribution in [2.75, 3.05) is 16.8 Å². The quantitative estimate of drug-likeness (QED) is 0.873. The number of hydrogen-bond acceptors (Lipinski definition) is 3. The smallest absolute Gasteiger partial charge is 0.227 e. The van der Waals surface area contributed by atoms with Crippen LogP contribution in [-0.2, 0) is 9.59 Å². The number of aliphatic hydroxyl groups is 1. The number of anilines is 2. The highest BCUT2D eigenvalue weighted by atomic mass is 16.3. The standard InChI is InChI=1S/C16H22N2O3/c1-11(2)14(19)10-15(20)17-12-6-3-4-7-13(12)18-9-5-8-16(18)21/h3-4,6-7,11,14,19H,5,8-10H2,1-2H3,(H,17,20). The molecule has 114 valence electrons. The number of nitrogens with one attached hydrogen (secondary N) is 1. The van der Waals surface area contributed by atoms with Gasteiger partial charge in [-0.1, -0.05) is 26.0 Å². The average molecular weight is 290 g/mol. The number of hydrogen-bond donors (Lipinski definition) is 2. The summed E-state index contributed by atoms with van der Waals surface area (Å²) >= 11 is 0. The second-order valence-electron chi connectivity index (χ2n) is 5.73. The van der Waals surface area contributed by atoms with Gasteiger partial charge < -0.3 is 15.3 Å². The van der Waals surface area contributed by atoms with Crippen LogP contribution in [-0.4, -0.2) is 29.6 Å². The number of aliphatic hydroxyl groups excluding tert-OH is 1. The lowest BCUT2D eigenvalue weighted by Crippen LogP contribution is -2.27. The van der Waals surface area contributed by atoms with E-state index in [0.717, 1.165) is 12.1 Å². The molecule has 1 fully saturated rings. The molecule has 0 spiro atoms. The van der Waals surface area contributed by atoms with Crippen molar-refractivity contribution in [3.05, 3.63) is 24.3 Å². The highest BCUT2D eigenvalue weighted by Gasteiger charge is 2.24. The summed E-state index contributed by atoms with van der Waals surface area (Å²) in [5.41, 5.74) is 1.35. The van der Waals surface area contributed by atoms with Crippen LogP contribution in [0.1, 0.15) is 33.1 Å². The summed E-state index contributed by atoms with van der Waals surface area (Å²) < 4.78 is 0. The first kappa shape index (κ1) is 15.5. The third-order valence-electron chi connectivity index (χ3n) is 3.71. The van der Waals surface area contributed by atoms with E-state index >= 15 is 0 Å². The van der Waals surface area contributed by atoms with Gasteiger partial charge in [-0.3, -0.25) is 9.59 Å². The van der Waals surface area contributed by atoms with Gasteiger partial charge in [-0.2, -0.15) is 0 Å². The van der Waals surface area contributed by atoms with E-state index in [-0.39, 0.29) is 24.2 Å². The average Bonchev–Trinajstić information content (AvgIpc) is 2.85. The van der Waals surface area contributed by atoms with Gasteiger partial charge in [0, 0.05) is 13.0 Å². The predicted octanol–water partition coefficient (Wildman–Crippen LogP) is 2.16. The van der Waals surface area contributed by atoms with E-state index < -0.39 is 6.10 Å². The lowest BCUT2D eigenvalue weighted by molar-refractivity contribution is -0.119. The van der Waals surface area contributed by atoms with E-state index in [2.05, 4.69) is 5.32 Å². The van der Waals surface area contributed by atoms with Crippen LogP contribution < -0.4 is 10.2 Å². The van der Waals surface area contributed by atoms with E-state index in [0.29, 0.717) is 18.7 Å². The predicted molar refractivity (Wildman–Crippen MR) is 82.1 cm³/mol. The summed E-state index contributed by atoms with van der Waals surface area (Å²) in [7, 11) is 0. The molecule has 1 heterocycles. The van der Waals surface area contributed by atoms with E-state index in [1.807, 2.05) is 32.0 Å². The second-order valence-corrected chi connectivity index (χ2v) is 5.73. The Balaban J connectivity index is 2.10. The van der Waals surface area contributed by atoms with Crippen molar-refractivity contribution in [2.24, 2.45) is 5.92 Å². The number of amides is 2. The van der Waals surface area contributed by atoms with Gasteiger partial charge in [0.15, 0.2) is 0 Å². The largest absolute Gasteiger partial charge is 0.392 e. The van der Waals surface area contributed by atoms with E-state index in [1.165, 1.54) is 0 Å². The normalized spacial score (nSPS) is 16.4. The molecular weight excluding hydrogens is 268 g/mol. The first-order chi connectivity index (χ1) is 9.99. The Morgan fingerprint density at radius 1 is 1.38 bits per heavy atom. The Hall–Kier alpha value is -1.88. The number of carbonyl (C=O) groups is 2. The van der Waals surface area contributed by atoms with Crippen molar-refractivity contribution in [3.63, 3.8) is 0 Å². The lowest BCUT2D eigenvalue weighted by Gasteiger charge is -2.20. The van der Waals surface area contributed by atoms with Crippen molar-refractivity contribution in [3.8, 4) is 0 Å². The van der Waals surface area contributed by atoms with Gasteiger partial charge in [0.1, 0.15) is 0 Å². The molecule has 1 aromatic carbocycles. The topological polar surface area (TPSA) is 69.6 Å². The number of para-hydroxylation sites is 2. The monoisotopic (exact) mass is 290 g/mol. The Kier molecular flexibility index (Phi) is 4.96. The third kappa shape index (κ3) is 3.82. The lowest BCUT2D eigenvalue weighted by atomic mass is 10.0. The molecule has 21 heavy (non-hydrogen) atoms. The summed E-state index contributed by atoms with van der Waals surface area (Å²) in [5, 5.41) is 12.6. The molecule has 1 unspecified atom stereocenters. The minimum absolute atomic E-state index is 0.0335. The zero-order chi connectivity index (χ0) is 15.4. The van der Waals surface area contributed by atoms with Gasteiger partial charge in [0.05, 0.1) is 23.9 Å². The Morgan fingerprint density at radius 2 is 2.10 bits per heavy atom. The fourth-order valence-corrected chi connectivity index (χ4v) is 2.34. The van der Waals surface area contributed by atoms with Crippen LogP contribution in [0.2, 0.25) is 0 Å². The third-order valence-corrected chi connectivity index (χ3v) is 3.71.